The second-order valence-electron chi connectivity index (χ2n) is 12.5. The van der Waals surface area contributed by atoms with Crippen LogP contribution in [0.5, 0.6) is 0 Å². The average molecular weight is 666 g/mol. The number of piperidine rings is 1. The van der Waals surface area contributed by atoms with E-state index in [4.69, 9.17) is 19.9 Å². The van der Waals surface area contributed by atoms with Gasteiger partial charge in [-0.2, -0.15) is 5.26 Å². The molecule has 11 nitrogen and oxygen atoms in total. The van der Waals surface area contributed by atoms with Crippen LogP contribution in [0.1, 0.15) is 43.2 Å². The molecule has 1 aromatic carbocycles. The van der Waals surface area contributed by atoms with Crippen LogP contribution in [-0.2, 0) is 11.2 Å². The van der Waals surface area contributed by atoms with Crippen molar-refractivity contribution in [1.29, 1.82) is 5.26 Å². The Bertz CT molecular complexity index is 1980. The van der Waals surface area contributed by atoms with Crippen LogP contribution < -0.4 is 15.1 Å². The van der Waals surface area contributed by atoms with Gasteiger partial charge in [0.1, 0.15) is 39.7 Å². The summed E-state index contributed by atoms with van der Waals surface area (Å²) < 4.78 is 15.6. The molecule has 1 unspecified atom stereocenters. The molecule has 0 spiro atoms. The van der Waals surface area contributed by atoms with Crippen molar-refractivity contribution >= 4 is 39.7 Å². The van der Waals surface area contributed by atoms with E-state index in [2.05, 4.69) is 23.2 Å². The number of ketones is 1. The lowest BCUT2D eigenvalue weighted by Gasteiger charge is -2.32. The van der Waals surface area contributed by atoms with E-state index in [-0.39, 0.29) is 17.6 Å². The van der Waals surface area contributed by atoms with Gasteiger partial charge in [0.2, 0.25) is 5.95 Å². The number of halogens is 1. The minimum atomic E-state index is -0.425. The van der Waals surface area contributed by atoms with E-state index in [9.17, 15) is 19.6 Å². The third kappa shape index (κ3) is 6.26. The molecule has 0 amide bonds. The van der Waals surface area contributed by atoms with Crippen molar-refractivity contribution in [3.05, 3.63) is 71.4 Å². The zero-order chi connectivity index (χ0) is 33.4. The minimum Gasteiger partial charge on any atom is -0.392 e. The largest absolute Gasteiger partial charge is 0.392 e. The lowest BCUT2D eigenvalue weighted by Crippen LogP contribution is -2.37. The lowest BCUT2D eigenvalue weighted by atomic mass is 9.89. The number of nitrogens with one attached hydrogen (secondary N) is 1. The van der Waals surface area contributed by atoms with E-state index in [0.717, 1.165) is 54.2 Å². The fraction of sp³-hybridized carbons (Fsp3) is 0.371. The number of aromatic nitrogens is 5. The van der Waals surface area contributed by atoms with E-state index < -0.39 is 6.10 Å². The number of aliphatic hydroxyl groups is 1. The van der Waals surface area contributed by atoms with Gasteiger partial charge in [-0.3, -0.25) is 9.20 Å². The third-order valence-electron chi connectivity index (χ3n) is 9.29. The first-order valence-electron chi connectivity index (χ1n) is 16.2. The Morgan fingerprint density at radius 1 is 1.10 bits per heavy atom. The molecule has 5 aromatic rings. The van der Waals surface area contributed by atoms with E-state index >= 15 is 0 Å². The smallest absolute Gasteiger partial charge is 0.225 e. The van der Waals surface area contributed by atoms with Gasteiger partial charge >= 0.3 is 0 Å². The molecule has 2 atom stereocenters. The zero-order valence-electron chi connectivity index (χ0n) is 26.8. The summed E-state index contributed by atoms with van der Waals surface area (Å²) >= 11 is 1.28. The summed E-state index contributed by atoms with van der Waals surface area (Å²) in [5.74, 6) is 1.71. The summed E-state index contributed by atoms with van der Waals surface area (Å²) in [7, 11) is 1.91. The van der Waals surface area contributed by atoms with Crippen LogP contribution in [0.4, 0.5) is 21.3 Å². The van der Waals surface area contributed by atoms with Gasteiger partial charge in [0, 0.05) is 68.4 Å². The minimum absolute atomic E-state index is 0.203. The van der Waals surface area contributed by atoms with Crippen molar-refractivity contribution in [3.8, 4) is 28.5 Å². The number of hydrogen-bond donors (Lipinski definition) is 2. The van der Waals surface area contributed by atoms with Crippen molar-refractivity contribution in [2.45, 2.75) is 51.2 Å². The van der Waals surface area contributed by atoms with Crippen molar-refractivity contribution in [3.63, 3.8) is 0 Å². The molecule has 0 saturated carbocycles. The fourth-order valence-electron chi connectivity index (χ4n) is 6.63. The number of imidazole rings is 1. The van der Waals surface area contributed by atoms with E-state index in [1.54, 1.807) is 12.1 Å². The van der Waals surface area contributed by atoms with Crippen molar-refractivity contribution in [2.24, 2.45) is 5.92 Å². The molecule has 2 fully saturated rings. The average Bonchev–Trinajstić information content (AvgIpc) is 3.85. The van der Waals surface area contributed by atoms with Crippen LogP contribution in [0.15, 0.2) is 55.0 Å². The van der Waals surface area contributed by atoms with Crippen LogP contribution in [0, 0.1) is 23.1 Å². The Labute approximate surface area is 281 Å². The molecule has 2 saturated heterocycles. The van der Waals surface area contributed by atoms with Crippen LogP contribution >= 0.6 is 11.3 Å². The van der Waals surface area contributed by atoms with Gasteiger partial charge in [0.25, 0.3) is 0 Å². The van der Waals surface area contributed by atoms with Gasteiger partial charge in [-0.05, 0) is 68.0 Å². The number of anilines is 3. The van der Waals surface area contributed by atoms with Gasteiger partial charge in [0.15, 0.2) is 5.13 Å². The van der Waals surface area contributed by atoms with Crippen molar-refractivity contribution in [1.82, 2.24) is 29.7 Å². The maximum atomic E-state index is 13.6. The van der Waals surface area contributed by atoms with Crippen LogP contribution in [0.3, 0.4) is 0 Å². The Balaban J connectivity index is 1.08. The number of pyridine rings is 1. The molecule has 13 heteroatoms. The van der Waals surface area contributed by atoms with Crippen LogP contribution in [0.25, 0.3) is 28.0 Å². The number of rotatable bonds is 9. The second-order valence-corrected chi connectivity index (χ2v) is 13.4. The first kappa shape index (κ1) is 31.8. The molecule has 4 aromatic heterocycles. The molecule has 0 aliphatic carbocycles. The normalized spacial score (nSPS) is 18.4. The number of fused-ring (bicyclic) bond motifs is 1. The summed E-state index contributed by atoms with van der Waals surface area (Å²) in [6.07, 6.45) is 8.83. The summed E-state index contributed by atoms with van der Waals surface area (Å²) in [4.78, 5) is 36.3. The zero-order valence-corrected chi connectivity index (χ0v) is 27.6. The predicted octanol–water partition coefficient (Wildman–Crippen LogP) is 5.15. The molecule has 7 rings (SSSR count). The number of thiazole rings is 1. The summed E-state index contributed by atoms with van der Waals surface area (Å²) in [5, 5.41) is 23.4. The topological polar surface area (TPSA) is 136 Å². The highest BCUT2D eigenvalue weighted by molar-refractivity contribution is 7.16. The van der Waals surface area contributed by atoms with Gasteiger partial charge in [-0.15, -0.1) is 0 Å². The number of β-amino-alcohol motifs (C(OH)–C–C–N with tert-alkyl or cyclic N) is 1. The van der Waals surface area contributed by atoms with Crippen LogP contribution in [-0.4, -0.2) is 74.1 Å². The summed E-state index contributed by atoms with van der Waals surface area (Å²) in [6, 6.07) is 12.0. The van der Waals surface area contributed by atoms with E-state index in [1.807, 2.05) is 47.1 Å². The highest BCUT2D eigenvalue weighted by Gasteiger charge is 2.31. The first-order chi connectivity index (χ1) is 23.3. The number of carbonyl (C=O) groups excluding carboxylic acids is 1. The predicted molar refractivity (Wildman–Crippen MR) is 183 cm³/mol. The molecule has 2 aliphatic heterocycles. The number of hydrogen-bond acceptors (Lipinski definition) is 11. The first-order valence-corrected chi connectivity index (χ1v) is 17.1. The Morgan fingerprint density at radius 2 is 1.83 bits per heavy atom. The number of carbonyl (C=O) groups is 1. The molecule has 6 heterocycles. The quantitative estimate of drug-likeness (QED) is 0.218. The van der Waals surface area contributed by atoms with Crippen LogP contribution in [0.2, 0.25) is 0 Å². The molecule has 0 radical (unpaired) electrons. The Hall–Kier alpha value is -4.77. The molecular formula is C35H36FN9O2S. The molecular weight excluding hydrogens is 630 g/mol. The molecule has 48 heavy (non-hydrogen) atoms. The molecule has 2 N–H and O–H groups in total. The Morgan fingerprint density at radius 3 is 2.50 bits per heavy atom. The summed E-state index contributed by atoms with van der Waals surface area (Å²) in [5.41, 5.74) is 4.67. The Kier molecular flexibility index (Phi) is 8.87. The SMILES string of the molecule is CCc1nc2ccc(-c3cnc(N4CCC(CC(=O)C5C[C@@H](O)CN5)CC4)nc3)cn2c1N(C)c1nc(-c2ccc(F)cc2)c(C#N)s1. The molecule has 0 bridgehead atoms. The standard InChI is InChI=1S/C35H36FN9O2S/c1-3-27-33(43(2)35-42-32(30(16-37)48-35)22-4-7-25(36)8-5-22)45-20-23(6-9-31(45)41-27)24-17-39-34(40-18-24)44-12-10-21(11-13-44)14-29(47)28-15-26(46)19-38-28/h4-9,17-18,20-21,26,28,38,46H,3,10-15,19H2,1-2H3/t26-,28?/m1/s1. The maximum absolute atomic E-state index is 13.6. The summed E-state index contributed by atoms with van der Waals surface area (Å²) in [6.45, 7) is 4.13. The highest BCUT2D eigenvalue weighted by atomic mass is 32.1. The third-order valence-corrected chi connectivity index (χ3v) is 10.3. The van der Waals surface area contributed by atoms with Gasteiger partial charge in [0.05, 0.1) is 17.8 Å². The van der Waals surface area contributed by atoms with Gasteiger partial charge in [-0.1, -0.05) is 18.3 Å². The van der Waals surface area contributed by atoms with Gasteiger partial charge < -0.3 is 20.2 Å². The van der Waals surface area contributed by atoms with E-state index in [1.165, 1.54) is 23.5 Å². The number of Topliss-reactive ketones (excluding diaryl/α,β-unsaturated/α-hetero) is 1. The van der Waals surface area contributed by atoms with Crippen molar-refractivity contribution < 1.29 is 14.3 Å². The number of nitrogens with zero attached hydrogens (tertiary/aromatic N) is 8. The monoisotopic (exact) mass is 665 g/mol. The van der Waals surface area contributed by atoms with E-state index in [0.29, 0.717) is 58.9 Å². The molecule has 246 valence electrons. The molecule has 2 aliphatic rings. The van der Waals surface area contributed by atoms with Crippen molar-refractivity contribution in [2.75, 3.05) is 36.5 Å². The highest BCUT2D eigenvalue weighted by Crippen LogP contribution is 2.37. The number of aryl methyl sites for hydroxylation is 1. The number of benzene rings is 1. The number of aliphatic hydroxyl groups excluding tert-OH is 1. The number of nitriles is 1. The maximum Gasteiger partial charge on any atom is 0.225 e. The lowest BCUT2D eigenvalue weighted by molar-refractivity contribution is -0.121. The van der Waals surface area contributed by atoms with Gasteiger partial charge in [-0.25, -0.2) is 24.3 Å². The second kappa shape index (κ2) is 13.4. The fourth-order valence-corrected chi connectivity index (χ4v) is 7.47.